The molecule has 108 valence electrons. The lowest BCUT2D eigenvalue weighted by Crippen LogP contribution is -1.94. The van der Waals surface area contributed by atoms with E-state index in [9.17, 15) is 9.59 Å². The van der Waals surface area contributed by atoms with E-state index in [4.69, 9.17) is 5.11 Å². The van der Waals surface area contributed by atoms with Crippen LogP contribution in [0.15, 0.2) is 36.4 Å². The first-order chi connectivity index (χ1) is 9.68. The third-order valence-electron chi connectivity index (χ3n) is 3.08. The van der Waals surface area contributed by atoms with Crippen LogP contribution in [0.5, 0.6) is 0 Å². The minimum Gasteiger partial charge on any atom is -0.481 e. The maximum Gasteiger partial charge on any atom is 0.303 e. The van der Waals surface area contributed by atoms with Crippen molar-refractivity contribution in [2.75, 3.05) is 0 Å². The van der Waals surface area contributed by atoms with E-state index in [2.05, 4.69) is 0 Å². The molecule has 0 aliphatic carbocycles. The van der Waals surface area contributed by atoms with Gasteiger partial charge in [-0.05, 0) is 24.5 Å². The first kappa shape index (κ1) is 16.2. The van der Waals surface area contributed by atoms with Gasteiger partial charge in [-0.3, -0.25) is 9.59 Å². The Morgan fingerprint density at radius 2 is 1.50 bits per heavy atom. The smallest absolute Gasteiger partial charge is 0.303 e. The Bertz CT molecular complexity index is 435. The summed E-state index contributed by atoms with van der Waals surface area (Å²) in [7, 11) is 0. The number of allylic oxidation sites excluding steroid dienone is 1. The van der Waals surface area contributed by atoms with Crippen molar-refractivity contribution in [1.29, 1.82) is 0 Å². The van der Waals surface area contributed by atoms with E-state index >= 15 is 0 Å². The van der Waals surface area contributed by atoms with E-state index < -0.39 is 5.97 Å². The monoisotopic (exact) mass is 274 g/mol. The van der Waals surface area contributed by atoms with E-state index in [1.165, 1.54) is 0 Å². The summed E-state index contributed by atoms with van der Waals surface area (Å²) < 4.78 is 0. The van der Waals surface area contributed by atoms with Crippen LogP contribution in [0.4, 0.5) is 0 Å². The second-order valence-corrected chi connectivity index (χ2v) is 4.87. The largest absolute Gasteiger partial charge is 0.481 e. The summed E-state index contributed by atoms with van der Waals surface area (Å²) in [6, 6.07) is 9.77. The molecular weight excluding hydrogens is 252 g/mol. The van der Waals surface area contributed by atoms with E-state index in [1.54, 1.807) is 6.08 Å². The molecule has 0 bridgehead atoms. The normalized spacial score (nSPS) is 10.8. The van der Waals surface area contributed by atoms with Crippen molar-refractivity contribution >= 4 is 17.8 Å². The predicted molar refractivity (Wildman–Crippen MR) is 80.4 cm³/mol. The Kier molecular flexibility index (Phi) is 8.04. The molecule has 0 saturated carbocycles. The van der Waals surface area contributed by atoms with Gasteiger partial charge in [0, 0.05) is 12.8 Å². The average Bonchev–Trinajstić information content (AvgIpc) is 2.45. The molecule has 0 aliphatic heterocycles. The highest BCUT2D eigenvalue weighted by molar-refractivity contribution is 5.93. The van der Waals surface area contributed by atoms with Crippen LogP contribution in [0.25, 0.3) is 6.08 Å². The zero-order valence-electron chi connectivity index (χ0n) is 11.8. The number of carbonyl (C=O) groups is 2. The summed E-state index contributed by atoms with van der Waals surface area (Å²) in [4.78, 5) is 21.9. The van der Waals surface area contributed by atoms with Gasteiger partial charge in [-0.2, -0.15) is 0 Å². The molecule has 1 aromatic carbocycles. The summed E-state index contributed by atoms with van der Waals surface area (Å²) in [6.45, 7) is 0. The van der Waals surface area contributed by atoms with Crippen LogP contribution >= 0.6 is 0 Å². The van der Waals surface area contributed by atoms with Crippen LogP contribution in [-0.2, 0) is 9.59 Å². The number of carboxylic acids is 1. The number of aliphatic carboxylic acids is 1. The topological polar surface area (TPSA) is 54.4 Å². The van der Waals surface area contributed by atoms with Gasteiger partial charge in [0.05, 0.1) is 0 Å². The van der Waals surface area contributed by atoms with Gasteiger partial charge >= 0.3 is 5.97 Å². The molecule has 0 heterocycles. The zero-order valence-corrected chi connectivity index (χ0v) is 11.8. The molecule has 0 radical (unpaired) electrons. The third kappa shape index (κ3) is 8.25. The number of hydrogen-bond acceptors (Lipinski definition) is 2. The summed E-state index contributed by atoms with van der Waals surface area (Å²) in [5.41, 5.74) is 1.04. The summed E-state index contributed by atoms with van der Waals surface area (Å²) in [5.74, 6) is -0.578. The van der Waals surface area contributed by atoms with Gasteiger partial charge in [0.15, 0.2) is 5.78 Å². The van der Waals surface area contributed by atoms with Crippen LogP contribution in [-0.4, -0.2) is 16.9 Å². The molecule has 0 spiro atoms. The second-order valence-electron chi connectivity index (χ2n) is 4.87. The van der Waals surface area contributed by atoms with Crippen molar-refractivity contribution < 1.29 is 14.7 Å². The van der Waals surface area contributed by atoms with Gasteiger partial charge < -0.3 is 5.11 Å². The van der Waals surface area contributed by atoms with Gasteiger partial charge in [-0.1, -0.05) is 55.7 Å². The Labute approximate surface area is 120 Å². The van der Waals surface area contributed by atoms with E-state index in [0.29, 0.717) is 6.42 Å². The summed E-state index contributed by atoms with van der Waals surface area (Å²) in [6.07, 6.45) is 8.84. The van der Waals surface area contributed by atoms with Crippen LogP contribution in [0.1, 0.15) is 50.5 Å². The minimum atomic E-state index is -0.730. The van der Waals surface area contributed by atoms with Crippen LogP contribution in [0.2, 0.25) is 0 Å². The summed E-state index contributed by atoms with van der Waals surface area (Å²) in [5, 5.41) is 8.49. The van der Waals surface area contributed by atoms with Gasteiger partial charge in [0.1, 0.15) is 0 Å². The van der Waals surface area contributed by atoms with Crippen molar-refractivity contribution in [2.45, 2.75) is 44.9 Å². The number of ketones is 1. The van der Waals surface area contributed by atoms with Crippen molar-refractivity contribution in [2.24, 2.45) is 0 Å². The van der Waals surface area contributed by atoms with Gasteiger partial charge in [0.25, 0.3) is 0 Å². The Balaban J connectivity index is 2.06. The SMILES string of the molecule is O=C(O)CCCCCCCC(=O)/C=C/c1ccccc1. The molecule has 0 aromatic heterocycles. The first-order valence-electron chi connectivity index (χ1n) is 7.16. The molecule has 3 nitrogen and oxygen atoms in total. The van der Waals surface area contributed by atoms with Gasteiger partial charge in [0.2, 0.25) is 0 Å². The number of benzene rings is 1. The van der Waals surface area contributed by atoms with E-state index in [1.807, 2.05) is 36.4 Å². The number of hydrogen-bond donors (Lipinski definition) is 1. The number of carboxylic acid groups (broad SMARTS) is 1. The molecule has 1 rings (SSSR count). The number of rotatable bonds is 10. The molecule has 0 fully saturated rings. The van der Waals surface area contributed by atoms with Crippen LogP contribution in [0, 0.1) is 0 Å². The molecule has 20 heavy (non-hydrogen) atoms. The Hall–Kier alpha value is -1.90. The molecule has 0 atom stereocenters. The fourth-order valence-electron chi connectivity index (χ4n) is 1.94. The Morgan fingerprint density at radius 1 is 0.900 bits per heavy atom. The van der Waals surface area contributed by atoms with Crippen molar-refractivity contribution in [3.8, 4) is 0 Å². The molecule has 0 aliphatic rings. The van der Waals surface area contributed by atoms with Crippen molar-refractivity contribution in [1.82, 2.24) is 0 Å². The number of unbranched alkanes of at least 4 members (excludes halogenated alkanes) is 4. The molecule has 1 N–H and O–H groups in total. The lowest BCUT2D eigenvalue weighted by molar-refractivity contribution is -0.137. The summed E-state index contributed by atoms with van der Waals surface area (Å²) >= 11 is 0. The lowest BCUT2D eigenvalue weighted by atomic mass is 10.1. The van der Waals surface area contributed by atoms with Gasteiger partial charge in [-0.15, -0.1) is 0 Å². The van der Waals surface area contributed by atoms with Crippen LogP contribution in [0.3, 0.4) is 0 Å². The lowest BCUT2D eigenvalue weighted by Gasteiger charge is -1.99. The fraction of sp³-hybridized carbons (Fsp3) is 0.412. The highest BCUT2D eigenvalue weighted by Crippen LogP contribution is 2.08. The molecule has 0 saturated heterocycles. The Morgan fingerprint density at radius 3 is 2.15 bits per heavy atom. The maximum atomic E-state index is 11.6. The van der Waals surface area contributed by atoms with Gasteiger partial charge in [-0.25, -0.2) is 0 Å². The van der Waals surface area contributed by atoms with Crippen LogP contribution < -0.4 is 0 Å². The minimum absolute atomic E-state index is 0.152. The molecule has 0 amide bonds. The molecular formula is C17H22O3. The standard InChI is InChI=1S/C17H22O3/c18-16(14-13-15-9-5-4-6-10-15)11-7-2-1-3-8-12-17(19)20/h4-6,9-10,13-14H,1-3,7-8,11-12H2,(H,19,20)/b14-13+. The predicted octanol–water partition coefficient (Wildman–Crippen LogP) is 4.08. The zero-order chi connectivity index (χ0) is 14.6. The highest BCUT2D eigenvalue weighted by atomic mass is 16.4. The van der Waals surface area contributed by atoms with E-state index in [-0.39, 0.29) is 12.2 Å². The van der Waals surface area contributed by atoms with E-state index in [0.717, 1.165) is 37.7 Å². The number of carbonyl (C=O) groups excluding carboxylic acids is 1. The second kappa shape index (κ2) is 9.96. The molecule has 1 aromatic rings. The highest BCUT2D eigenvalue weighted by Gasteiger charge is 1.99. The average molecular weight is 274 g/mol. The first-order valence-corrected chi connectivity index (χ1v) is 7.16. The molecule has 3 heteroatoms. The van der Waals surface area contributed by atoms with Crippen molar-refractivity contribution in [3.63, 3.8) is 0 Å². The van der Waals surface area contributed by atoms with Crippen molar-refractivity contribution in [3.05, 3.63) is 42.0 Å². The third-order valence-corrected chi connectivity index (χ3v) is 3.08. The quantitative estimate of drug-likeness (QED) is 0.516. The maximum absolute atomic E-state index is 11.6. The fourth-order valence-corrected chi connectivity index (χ4v) is 1.94. The molecule has 0 unspecified atom stereocenters.